The monoisotopic (exact) mass is 465 g/mol. The van der Waals surface area contributed by atoms with Gasteiger partial charge in [-0.05, 0) is 62.1 Å². The molecule has 1 amide bonds. The normalized spacial score (nSPS) is 16.0. The molecule has 164 valence electrons. The number of benzene rings is 2. The summed E-state index contributed by atoms with van der Waals surface area (Å²) in [6.45, 7) is 4.25. The van der Waals surface area contributed by atoms with Crippen molar-refractivity contribution < 1.29 is 22.0 Å². The van der Waals surface area contributed by atoms with Crippen molar-refractivity contribution >= 4 is 42.6 Å². The summed E-state index contributed by atoms with van der Waals surface area (Å²) in [6, 6.07) is 6.52. The van der Waals surface area contributed by atoms with Crippen molar-refractivity contribution in [1.82, 2.24) is 9.29 Å². The van der Waals surface area contributed by atoms with Crippen LogP contribution in [0.3, 0.4) is 0 Å². The highest BCUT2D eigenvalue weighted by Gasteiger charge is 2.32. The standard InChI is InChI=1S/C21H21F2N3O3S2/c1-12-3-6-18-19(13(12)2)24-21(30-18)25-20(27)14-7-9-26(10-8-14)31(28,29)15-4-5-16(22)17(23)11-15/h3-6,11,14H,7-10H2,1-2H3,(H,24,25,27). The molecule has 1 aromatic heterocycles. The Morgan fingerprint density at radius 1 is 1.13 bits per heavy atom. The minimum Gasteiger partial charge on any atom is -0.302 e. The first-order valence-electron chi connectivity index (χ1n) is 9.79. The van der Waals surface area contributed by atoms with Gasteiger partial charge in [0, 0.05) is 19.0 Å². The molecular weight excluding hydrogens is 444 g/mol. The number of piperidine rings is 1. The Bertz CT molecular complexity index is 1270. The topological polar surface area (TPSA) is 79.4 Å². The lowest BCUT2D eigenvalue weighted by atomic mass is 9.97. The average molecular weight is 466 g/mol. The summed E-state index contributed by atoms with van der Waals surface area (Å²) in [5.74, 6) is -2.87. The van der Waals surface area contributed by atoms with Gasteiger partial charge < -0.3 is 5.32 Å². The molecule has 0 aliphatic carbocycles. The number of carbonyl (C=O) groups is 1. The maximum Gasteiger partial charge on any atom is 0.243 e. The van der Waals surface area contributed by atoms with Gasteiger partial charge in [0.25, 0.3) is 0 Å². The molecule has 1 aliphatic rings. The van der Waals surface area contributed by atoms with Crippen LogP contribution in [0.1, 0.15) is 24.0 Å². The van der Waals surface area contributed by atoms with E-state index in [-0.39, 0.29) is 29.8 Å². The minimum atomic E-state index is -3.95. The van der Waals surface area contributed by atoms with Crippen LogP contribution in [0.4, 0.5) is 13.9 Å². The third-order valence-corrected chi connectivity index (χ3v) is 8.50. The first-order chi connectivity index (χ1) is 14.7. The molecule has 6 nitrogen and oxygen atoms in total. The Kier molecular flexibility index (Phi) is 5.80. The number of nitrogens with one attached hydrogen (secondary N) is 1. The first-order valence-corrected chi connectivity index (χ1v) is 12.1. The number of thiazole rings is 1. The predicted molar refractivity (Wildman–Crippen MR) is 116 cm³/mol. The molecule has 10 heteroatoms. The molecule has 1 fully saturated rings. The Morgan fingerprint density at radius 3 is 2.52 bits per heavy atom. The lowest BCUT2D eigenvalue weighted by molar-refractivity contribution is -0.120. The number of anilines is 1. The van der Waals surface area contributed by atoms with E-state index in [2.05, 4.69) is 10.3 Å². The zero-order chi connectivity index (χ0) is 22.3. The van der Waals surface area contributed by atoms with E-state index in [4.69, 9.17) is 0 Å². The highest BCUT2D eigenvalue weighted by molar-refractivity contribution is 7.89. The van der Waals surface area contributed by atoms with Crippen molar-refractivity contribution in [2.24, 2.45) is 5.92 Å². The number of nitrogens with zero attached hydrogens (tertiary/aromatic N) is 2. The number of hydrogen-bond acceptors (Lipinski definition) is 5. The molecule has 3 aromatic rings. The van der Waals surface area contributed by atoms with E-state index in [1.807, 2.05) is 26.0 Å². The van der Waals surface area contributed by atoms with E-state index in [0.717, 1.165) is 33.5 Å². The van der Waals surface area contributed by atoms with Crippen LogP contribution in [-0.4, -0.2) is 36.7 Å². The summed E-state index contributed by atoms with van der Waals surface area (Å²) >= 11 is 1.40. The maximum absolute atomic E-state index is 13.5. The minimum absolute atomic E-state index is 0.123. The van der Waals surface area contributed by atoms with Gasteiger partial charge >= 0.3 is 0 Å². The predicted octanol–water partition coefficient (Wildman–Crippen LogP) is 4.23. The largest absolute Gasteiger partial charge is 0.302 e. The third-order valence-electron chi connectivity index (χ3n) is 5.67. The summed E-state index contributed by atoms with van der Waals surface area (Å²) in [4.78, 5) is 16.9. The smallest absolute Gasteiger partial charge is 0.243 e. The summed E-state index contributed by atoms with van der Waals surface area (Å²) in [7, 11) is -3.95. The second kappa shape index (κ2) is 8.25. The second-order valence-electron chi connectivity index (χ2n) is 7.62. The number of carbonyl (C=O) groups excluding carboxylic acids is 1. The molecule has 0 saturated carbocycles. The Morgan fingerprint density at radius 2 is 1.84 bits per heavy atom. The summed E-state index contributed by atoms with van der Waals surface area (Å²) in [5, 5.41) is 3.37. The fourth-order valence-corrected chi connectivity index (χ4v) is 6.04. The van der Waals surface area contributed by atoms with Gasteiger partial charge in [0.1, 0.15) is 0 Å². The number of halogens is 2. The number of fused-ring (bicyclic) bond motifs is 1. The van der Waals surface area contributed by atoms with Crippen LogP contribution in [0, 0.1) is 31.4 Å². The molecule has 0 radical (unpaired) electrons. The fraction of sp³-hybridized carbons (Fsp3) is 0.333. The van der Waals surface area contributed by atoms with Gasteiger partial charge in [-0.25, -0.2) is 22.2 Å². The molecule has 1 saturated heterocycles. The van der Waals surface area contributed by atoms with E-state index in [0.29, 0.717) is 24.0 Å². The van der Waals surface area contributed by atoms with Crippen molar-refractivity contribution in [2.75, 3.05) is 18.4 Å². The average Bonchev–Trinajstić information content (AvgIpc) is 3.16. The molecule has 2 aromatic carbocycles. The van der Waals surface area contributed by atoms with Crippen LogP contribution in [0.25, 0.3) is 10.2 Å². The van der Waals surface area contributed by atoms with Crippen LogP contribution in [0.15, 0.2) is 35.2 Å². The van der Waals surface area contributed by atoms with Crippen LogP contribution in [0.2, 0.25) is 0 Å². The third kappa shape index (κ3) is 4.19. The molecule has 4 rings (SSSR count). The van der Waals surface area contributed by atoms with Gasteiger partial charge in [-0.15, -0.1) is 0 Å². The number of aromatic nitrogens is 1. The summed E-state index contributed by atoms with van der Waals surface area (Å²) in [5.41, 5.74) is 3.07. The number of sulfonamides is 1. The Labute approximate surface area is 183 Å². The van der Waals surface area contributed by atoms with Gasteiger partial charge in [0.15, 0.2) is 16.8 Å². The SMILES string of the molecule is Cc1ccc2sc(NC(=O)C3CCN(S(=O)(=O)c4ccc(F)c(F)c4)CC3)nc2c1C. The molecule has 0 bridgehead atoms. The van der Waals surface area contributed by atoms with E-state index >= 15 is 0 Å². The van der Waals surface area contributed by atoms with Gasteiger partial charge in [-0.1, -0.05) is 17.4 Å². The highest BCUT2D eigenvalue weighted by Crippen LogP contribution is 2.31. The Balaban J connectivity index is 1.42. The van der Waals surface area contributed by atoms with Gasteiger partial charge in [-0.3, -0.25) is 4.79 Å². The van der Waals surface area contributed by atoms with Crippen molar-refractivity contribution in [1.29, 1.82) is 0 Å². The van der Waals surface area contributed by atoms with Gasteiger partial charge in [0.05, 0.1) is 15.1 Å². The molecule has 1 aliphatic heterocycles. The lowest BCUT2D eigenvalue weighted by Crippen LogP contribution is -2.41. The van der Waals surface area contributed by atoms with Crippen LogP contribution in [0.5, 0.6) is 0 Å². The first kappa shape index (κ1) is 21.8. The van der Waals surface area contributed by atoms with E-state index in [1.54, 1.807) is 0 Å². The fourth-order valence-electron chi connectivity index (χ4n) is 3.63. The van der Waals surface area contributed by atoms with Gasteiger partial charge in [-0.2, -0.15) is 4.31 Å². The number of amides is 1. The van der Waals surface area contributed by atoms with Crippen LogP contribution in [-0.2, 0) is 14.8 Å². The van der Waals surface area contributed by atoms with Crippen LogP contribution < -0.4 is 5.32 Å². The quantitative estimate of drug-likeness (QED) is 0.625. The zero-order valence-electron chi connectivity index (χ0n) is 17.0. The van der Waals surface area contributed by atoms with Crippen molar-refractivity contribution in [2.45, 2.75) is 31.6 Å². The molecular formula is C21H21F2N3O3S2. The second-order valence-corrected chi connectivity index (χ2v) is 10.6. The van der Waals surface area contributed by atoms with Gasteiger partial charge in [0.2, 0.25) is 15.9 Å². The van der Waals surface area contributed by atoms with E-state index < -0.39 is 21.7 Å². The van der Waals surface area contributed by atoms with Crippen LogP contribution >= 0.6 is 11.3 Å². The maximum atomic E-state index is 13.5. The summed E-state index contributed by atoms with van der Waals surface area (Å²) < 4.78 is 54.2. The molecule has 2 heterocycles. The number of rotatable bonds is 4. The Hall–Kier alpha value is -2.43. The zero-order valence-corrected chi connectivity index (χ0v) is 18.6. The molecule has 0 atom stereocenters. The highest BCUT2D eigenvalue weighted by atomic mass is 32.2. The molecule has 31 heavy (non-hydrogen) atoms. The molecule has 0 spiro atoms. The van der Waals surface area contributed by atoms with Crippen molar-refractivity contribution in [3.8, 4) is 0 Å². The lowest BCUT2D eigenvalue weighted by Gasteiger charge is -2.30. The number of hydrogen-bond donors (Lipinski definition) is 1. The number of aryl methyl sites for hydroxylation is 2. The summed E-state index contributed by atoms with van der Waals surface area (Å²) in [6.07, 6.45) is 0.662. The van der Waals surface area contributed by atoms with Crippen molar-refractivity contribution in [3.63, 3.8) is 0 Å². The molecule has 0 unspecified atom stereocenters. The molecule has 1 N–H and O–H groups in total. The van der Waals surface area contributed by atoms with E-state index in [9.17, 15) is 22.0 Å². The van der Waals surface area contributed by atoms with E-state index in [1.165, 1.54) is 15.6 Å². The van der Waals surface area contributed by atoms with Crippen molar-refractivity contribution in [3.05, 3.63) is 53.1 Å².